The molecule has 0 bridgehead atoms. The standard InChI is InChI=1S/C20H22F3N7O2.C19H27BF3NO4.C7H7ClN6/c1-20(2,3)32-19(31)24-9-11-5-6-12(15(21)14(11)16(22)23)17-25-10-26-18(28-17)27-13-7-8-30(4)29-13;1-17(2,3)26-16(25)24-10-11-8-9-12(14(21)13(11)15(22)23)20-27-18(4,5)19(6,7)28-20;1-14-3-2-5(13-14)11-7-10-4-9-6(8)12-7/h5-8,10,16H,9H2,1-4H3,(H,24,31)(H,25,26,27,28,29);8-9,15H,10H2,1-7H3,(H,24,25);2-4H,1H3,(H,9,10,11,12,13). The largest absolute Gasteiger partial charge is 0.497 e. The summed E-state index contributed by atoms with van der Waals surface area (Å²) in [5.74, 6) is -0.859. The molecule has 0 unspecified atom stereocenters. The first-order chi connectivity index (χ1) is 34.4. The van der Waals surface area contributed by atoms with Crippen molar-refractivity contribution in [3.63, 3.8) is 0 Å². The SMILES string of the molecule is CC(C)(C)OC(=O)NCc1ccc(B2OC(C)(C)C(C)(C)O2)c(F)c1C(F)F.Cn1ccc(Nc2ncnc(-c3ccc(CNC(=O)OC(C)(C)C)c(C(F)F)c3F)n2)n1.Cn1ccc(Nc2ncnc(Cl)n2)n1. The number of hydrogen-bond acceptors (Lipinski definition) is 16. The lowest BCUT2D eigenvalue weighted by atomic mass is 9.77. The zero-order chi connectivity index (χ0) is 54.9. The molecule has 0 atom stereocenters. The molecule has 0 spiro atoms. The molecule has 1 fully saturated rings. The van der Waals surface area contributed by atoms with Crippen LogP contribution in [-0.2, 0) is 46.0 Å². The smallest absolute Gasteiger partial charge is 0.444 e. The van der Waals surface area contributed by atoms with Crippen molar-refractivity contribution < 1.29 is 54.7 Å². The molecule has 7 rings (SSSR count). The highest BCUT2D eigenvalue weighted by atomic mass is 35.5. The summed E-state index contributed by atoms with van der Waals surface area (Å²) in [6.45, 7) is 16.5. The van der Waals surface area contributed by atoms with E-state index in [1.807, 2.05) is 13.2 Å². The Morgan fingerprint density at radius 3 is 1.55 bits per heavy atom. The number of aryl methyl sites for hydroxylation is 2. The molecular formula is C46H56BClF6N14O6. The van der Waals surface area contributed by atoms with Crippen LogP contribution in [0.2, 0.25) is 5.28 Å². The van der Waals surface area contributed by atoms with Gasteiger partial charge >= 0.3 is 19.3 Å². The molecule has 4 aromatic heterocycles. The number of rotatable bonds is 12. The predicted molar refractivity (Wildman–Crippen MR) is 261 cm³/mol. The number of carbonyl (C=O) groups is 2. The summed E-state index contributed by atoms with van der Waals surface area (Å²) < 4.78 is 109. The van der Waals surface area contributed by atoms with Crippen LogP contribution in [0.3, 0.4) is 0 Å². The minimum absolute atomic E-state index is 0.0429. The van der Waals surface area contributed by atoms with Crippen molar-refractivity contribution in [3.05, 3.63) is 101 Å². The lowest BCUT2D eigenvalue weighted by molar-refractivity contribution is 0.00578. The van der Waals surface area contributed by atoms with E-state index in [9.17, 15) is 31.5 Å². The maximum Gasteiger partial charge on any atom is 0.497 e. The summed E-state index contributed by atoms with van der Waals surface area (Å²) in [6.07, 6.45) is -1.80. The number of alkyl halides is 4. The van der Waals surface area contributed by atoms with Gasteiger partial charge in [-0.05, 0) is 98.0 Å². The zero-order valence-electron chi connectivity index (χ0n) is 42.5. The number of amides is 2. The molecule has 4 N–H and O–H groups in total. The van der Waals surface area contributed by atoms with Gasteiger partial charge in [-0.3, -0.25) is 9.36 Å². The van der Waals surface area contributed by atoms with Crippen molar-refractivity contribution in [2.24, 2.45) is 14.1 Å². The fourth-order valence-electron chi connectivity index (χ4n) is 6.37. The average Bonchev–Trinajstić information content (AvgIpc) is 3.95. The zero-order valence-corrected chi connectivity index (χ0v) is 43.2. The van der Waals surface area contributed by atoms with Crippen molar-refractivity contribution >= 4 is 59.9 Å². The van der Waals surface area contributed by atoms with Gasteiger partial charge in [0, 0.05) is 57.2 Å². The number of aromatic nitrogens is 10. The second-order valence-electron chi connectivity index (χ2n) is 19.2. The van der Waals surface area contributed by atoms with Gasteiger partial charge in [0.1, 0.15) is 35.5 Å². The Morgan fingerprint density at radius 1 is 0.676 bits per heavy atom. The van der Waals surface area contributed by atoms with Gasteiger partial charge in [0.05, 0.1) is 27.9 Å². The van der Waals surface area contributed by atoms with E-state index in [1.165, 1.54) is 30.6 Å². The van der Waals surface area contributed by atoms with Gasteiger partial charge in [-0.25, -0.2) is 55.9 Å². The molecule has 74 heavy (non-hydrogen) atoms. The Balaban J connectivity index is 0.000000220. The van der Waals surface area contributed by atoms with Gasteiger partial charge in [0.25, 0.3) is 12.9 Å². The summed E-state index contributed by atoms with van der Waals surface area (Å²) in [7, 11) is 2.45. The number of nitrogens with one attached hydrogen (secondary N) is 4. The second kappa shape index (κ2) is 23.8. The summed E-state index contributed by atoms with van der Waals surface area (Å²) in [4.78, 5) is 46.9. The summed E-state index contributed by atoms with van der Waals surface area (Å²) in [5.41, 5.74) is -5.06. The lowest BCUT2D eigenvalue weighted by Gasteiger charge is -2.32. The number of nitrogens with zero attached hydrogens (tertiary/aromatic N) is 10. The van der Waals surface area contributed by atoms with E-state index in [-0.39, 0.29) is 52.3 Å². The number of carbonyl (C=O) groups excluding carboxylic acids is 2. The molecule has 0 saturated carbocycles. The lowest BCUT2D eigenvalue weighted by Crippen LogP contribution is -2.41. The Labute approximate surface area is 427 Å². The number of ether oxygens (including phenoxy) is 2. The highest BCUT2D eigenvalue weighted by molar-refractivity contribution is 6.62. The third kappa shape index (κ3) is 16.2. The van der Waals surface area contributed by atoms with Crippen LogP contribution < -0.4 is 26.7 Å². The predicted octanol–water partition coefficient (Wildman–Crippen LogP) is 9.21. The normalized spacial score (nSPS) is 13.9. The molecule has 0 radical (unpaired) electrons. The number of halogens is 7. The first-order valence-electron chi connectivity index (χ1n) is 22.5. The van der Waals surface area contributed by atoms with Gasteiger partial charge in [0.2, 0.25) is 17.2 Å². The van der Waals surface area contributed by atoms with E-state index in [0.717, 1.165) is 6.33 Å². The third-order valence-electron chi connectivity index (χ3n) is 10.4. The van der Waals surface area contributed by atoms with Crippen molar-refractivity contribution in [1.82, 2.24) is 60.1 Å². The number of anilines is 4. The number of hydrogen-bond donors (Lipinski definition) is 4. The topological polar surface area (TPSA) is 232 Å². The molecule has 1 aliphatic heterocycles. The second-order valence-corrected chi connectivity index (χ2v) is 19.5. The van der Waals surface area contributed by atoms with Gasteiger partial charge in [-0.2, -0.15) is 20.2 Å². The van der Waals surface area contributed by atoms with E-state index in [4.69, 9.17) is 30.4 Å². The van der Waals surface area contributed by atoms with Crippen LogP contribution in [-0.4, -0.2) is 91.2 Å². The molecule has 398 valence electrons. The molecule has 1 aliphatic rings. The molecule has 0 aliphatic carbocycles. The summed E-state index contributed by atoms with van der Waals surface area (Å²) in [6, 6.07) is 8.71. The van der Waals surface area contributed by atoms with Gasteiger partial charge in [0.15, 0.2) is 17.5 Å². The average molecular weight is 1060 g/mol. The van der Waals surface area contributed by atoms with Crippen LogP contribution in [0.25, 0.3) is 11.4 Å². The fraction of sp³-hybridized carbons (Fsp3) is 0.435. The molecule has 1 saturated heterocycles. The van der Waals surface area contributed by atoms with Crippen LogP contribution in [0, 0.1) is 11.6 Å². The highest BCUT2D eigenvalue weighted by Gasteiger charge is 2.53. The van der Waals surface area contributed by atoms with Crippen LogP contribution in [0.15, 0.2) is 61.4 Å². The quantitative estimate of drug-likeness (QED) is 0.0661. The van der Waals surface area contributed by atoms with Crippen molar-refractivity contribution in [2.75, 3.05) is 10.6 Å². The van der Waals surface area contributed by atoms with Gasteiger partial charge < -0.3 is 40.0 Å². The van der Waals surface area contributed by atoms with E-state index in [2.05, 4.69) is 61.4 Å². The molecule has 2 aromatic carbocycles. The Hall–Kier alpha value is -7.13. The van der Waals surface area contributed by atoms with Crippen LogP contribution >= 0.6 is 11.6 Å². The number of alkyl carbamates (subject to hydrolysis) is 2. The van der Waals surface area contributed by atoms with E-state index in [0.29, 0.717) is 17.6 Å². The first-order valence-corrected chi connectivity index (χ1v) is 22.8. The molecule has 2 amide bonds. The number of benzene rings is 2. The monoisotopic (exact) mass is 1060 g/mol. The third-order valence-corrected chi connectivity index (χ3v) is 10.6. The van der Waals surface area contributed by atoms with E-state index in [1.54, 1.807) is 104 Å². The highest BCUT2D eigenvalue weighted by Crippen LogP contribution is 2.38. The minimum atomic E-state index is -3.13. The molecule has 5 heterocycles. The maximum atomic E-state index is 15.1. The summed E-state index contributed by atoms with van der Waals surface area (Å²) in [5, 5.41) is 18.8. The summed E-state index contributed by atoms with van der Waals surface area (Å²) >= 11 is 5.59. The van der Waals surface area contributed by atoms with Crippen molar-refractivity contribution in [1.29, 1.82) is 0 Å². The fourth-order valence-corrected chi connectivity index (χ4v) is 6.49. The molecule has 28 heteroatoms. The Kier molecular flexibility index (Phi) is 18.6. The van der Waals surface area contributed by atoms with Crippen molar-refractivity contribution in [2.45, 2.75) is 118 Å². The Bertz CT molecular complexity index is 2880. The maximum absolute atomic E-state index is 15.1. The first kappa shape index (κ1) is 57.8. The van der Waals surface area contributed by atoms with Crippen LogP contribution in [0.1, 0.15) is 104 Å². The molecular weight excluding hydrogens is 1000 g/mol. The van der Waals surface area contributed by atoms with Crippen molar-refractivity contribution in [3.8, 4) is 11.4 Å². The van der Waals surface area contributed by atoms with Gasteiger partial charge in [-0.1, -0.05) is 18.2 Å². The van der Waals surface area contributed by atoms with Gasteiger partial charge in [-0.15, -0.1) is 0 Å². The Morgan fingerprint density at radius 2 is 1.12 bits per heavy atom. The van der Waals surface area contributed by atoms with E-state index >= 15 is 4.39 Å². The van der Waals surface area contributed by atoms with E-state index < -0.39 is 77.3 Å². The van der Waals surface area contributed by atoms with Crippen LogP contribution in [0.5, 0.6) is 0 Å². The molecule has 6 aromatic rings. The minimum Gasteiger partial charge on any atom is -0.444 e. The van der Waals surface area contributed by atoms with Crippen LogP contribution in [0.4, 0.5) is 59.5 Å². The molecule has 20 nitrogen and oxygen atoms in total.